The fraction of sp³-hybridized carbons (Fsp3) is 0.300. The second-order valence-corrected chi connectivity index (χ2v) is 5.68. The van der Waals surface area contributed by atoms with Gasteiger partial charge in [0, 0.05) is 10.2 Å². The van der Waals surface area contributed by atoms with Crippen LogP contribution in [0.3, 0.4) is 0 Å². The summed E-state index contributed by atoms with van der Waals surface area (Å²) in [5, 5.41) is 4.89. The van der Waals surface area contributed by atoms with Crippen molar-refractivity contribution < 1.29 is 0 Å². The van der Waals surface area contributed by atoms with Crippen molar-refractivity contribution in [1.82, 2.24) is 0 Å². The normalized spacial score (nSPS) is 20.2. The van der Waals surface area contributed by atoms with Gasteiger partial charge in [0.25, 0.3) is 0 Å². The lowest BCUT2D eigenvalue weighted by atomic mass is 10.3. The van der Waals surface area contributed by atoms with Crippen LogP contribution in [0.5, 0.6) is 0 Å². The molecule has 0 fully saturated rings. The first-order chi connectivity index (χ1) is 7.15. The Balaban J connectivity index is 2.17. The largest absolute Gasteiger partial charge is 0.334 e. The zero-order valence-corrected chi connectivity index (χ0v) is 11.3. The van der Waals surface area contributed by atoms with Crippen LogP contribution in [-0.2, 0) is 0 Å². The summed E-state index contributed by atoms with van der Waals surface area (Å²) in [4.78, 5) is 4.45. The SMILES string of the molecule is CC1CSC(Nc2cc(Br)ccc2Cl)=N1. The molecule has 0 amide bonds. The van der Waals surface area contributed by atoms with Crippen molar-refractivity contribution in [2.45, 2.75) is 13.0 Å². The van der Waals surface area contributed by atoms with E-state index < -0.39 is 0 Å². The Morgan fingerprint density at radius 2 is 2.40 bits per heavy atom. The molecule has 1 heterocycles. The molecule has 2 nitrogen and oxygen atoms in total. The van der Waals surface area contributed by atoms with Crippen LogP contribution >= 0.6 is 39.3 Å². The standard InChI is InChI=1S/C10H10BrClN2S/c1-6-5-15-10(13-6)14-9-4-7(11)2-3-8(9)12/h2-4,6H,5H2,1H3,(H,13,14). The summed E-state index contributed by atoms with van der Waals surface area (Å²) in [7, 11) is 0. The van der Waals surface area contributed by atoms with Gasteiger partial charge in [0.2, 0.25) is 0 Å². The zero-order chi connectivity index (χ0) is 10.8. The van der Waals surface area contributed by atoms with Crippen molar-refractivity contribution in [2.24, 2.45) is 4.99 Å². The van der Waals surface area contributed by atoms with E-state index in [2.05, 4.69) is 33.2 Å². The highest BCUT2D eigenvalue weighted by molar-refractivity contribution is 9.10. The molecule has 0 saturated carbocycles. The van der Waals surface area contributed by atoms with Gasteiger partial charge in [-0.2, -0.15) is 0 Å². The molecule has 5 heteroatoms. The summed E-state index contributed by atoms with van der Waals surface area (Å²) in [6.45, 7) is 2.10. The third kappa shape index (κ3) is 2.89. The molecular formula is C10H10BrClN2S. The average Bonchev–Trinajstić information content (AvgIpc) is 2.58. The number of nitrogens with zero attached hydrogens (tertiary/aromatic N) is 1. The Hall–Kier alpha value is -0.190. The molecule has 0 saturated heterocycles. The quantitative estimate of drug-likeness (QED) is 0.848. The summed E-state index contributed by atoms with van der Waals surface area (Å²) in [6, 6.07) is 6.12. The minimum absolute atomic E-state index is 0.392. The molecule has 1 aromatic rings. The molecule has 0 radical (unpaired) electrons. The smallest absolute Gasteiger partial charge is 0.161 e. The third-order valence-electron chi connectivity index (χ3n) is 1.97. The highest BCUT2D eigenvalue weighted by Crippen LogP contribution is 2.28. The third-order valence-corrected chi connectivity index (χ3v) is 3.92. The fourth-order valence-corrected chi connectivity index (χ4v) is 2.69. The maximum absolute atomic E-state index is 6.06. The second-order valence-electron chi connectivity index (χ2n) is 3.34. The molecule has 0 aliphatic carbocycles. The van der Waals surface area contributed by atoms with Gasteiger partial charge in [-0.05, 0) is 25.1 Å². The Labute approximate surface area is 107 Å². The molecule has 1 aliphatic heterocycles. The number of rotatable bonds is 1. The number of aliphatic imine (C=N–C) groups is 1. The van der Waals surface area contributed by atoms with Gasteiger partial charge in [0.1, 0.15) is 0 Å². The van der Waals surface area contributed by atoms with Gasteiger partial charge in [-0.3, -0.25) is 4.99 Å². The second kappa shape index (κ2) is 4.76. The van der Waals surface area contributed by atoms with Crippen LogP contribution in [0, 0.1) is 0 Å². The van der Waals surface area contributed by atoms with E-state index in [4.69, 9.17) is 11.6 Å². The summed E-state index contributed by atoms with van der Waals surface area (Å²) >= 11 is 11.2. The monoisotopic (exact) mass is 304 g/mol. The van der Waals surface area contributed by atoms with Gasteiger partial charge in [0.05, 0.1) is 16.8 Å². The highest BCUT2D eigenvalue weighted by atomic mass is 79.9. The van der Waals surface area contributed by atoms with Crippen LogP contribution in [0.2, 0.25) is 5.02 Å². The first kappa shape index (κ1) is 11.3. The van der Waals surface area contributed by atoms with Gasteiger partial charge in [0.15, 0.2) is 5.17 Å². The predicted octanol–water partition coefficient (Wildman–Crippen LogP) is 4.01. The topological polar surface area (TPSA) is 24.4 Å². The van der Waals surface area contributed by atoms with E-state index >= 15 is 0 Å². The maximum Gasteiger partial charge on any atom is 0.161 e. The summed E-state index contributed by atoms with van der Waals surface area (Å²) < 4.78 is 1.01. The first-order valence-electron chi connectivity index (χ1n) is 4.58. The zero-order valence-electron chi connectivity index (χ0n) is 8.13. The molecule has 1 aliphatic rings. The van der Waals surface area contributed by atoms with Crippen LogP contribution in [0.25, 0.3) is 0 Å². The number of hydrogen-bond acceptors (Lipinski definition) is 3. The van der Waals surface area contributed by atoms with Gasteiger partial charge < -0.3 is 5.32 Å². The van der Waals surface area contributed by atoms with Crippen LogP contribution in [0.1, 0.15) is 6.92 Å². The van der Waals surface area contributed by atoms with E-state index in [0.29, 0.717) is 11.1 Å². The number of benzene rings is 1. The molecule has 1 atom stereocenters. The lowest BCUT2D eigenvalue weighted by Gasteiger charge is -2.07. The number of anilines is 1. The molecule has 0 aromatic heterocycles. The van der Waals surface area contributed by atoms with Crippen LogP contribution in [-0.4, -0.2) is 17.0 Å². The Morgan fingerprint density at radius 3 is 3.07 bits per heavy atom. The molecule has 1 aromatic carbocycles. The van der Waals surface area contributed by atoms with Crippen molar-refractivity contribution in [1.29, 1.82) is 0 Å². The van der Waals surface area contributed by atoms with Crippen molar-refractivity contribution >= 4 is 50.1 Å². The Kier molecular flexibility index (Phi) is 3.59. The lowest BCUT2D eigenvalue weighted by molar-refractivity contribution is 0.865. The van der Waals surface area contributed by atoms with E-state index in [1.165, 1.54) is 0 Å². The molecule has 2 rings (SSSR count). The lowest BCUT2D eigenvalue weighted by Crippen LogP contribution is -2.05. The molecule has 0 bridgehead atoms. The van der Waals surface area contributed by atoms with Gasteiger partial charge in [-0.1, -0.05) is 39.3 Å². The van der Waals surface area contributed by atoms with Crippen LogP contribution in [0.15, 0.2) is 27.7 Å². The minimum atomic E-state index is 0.392. The average molecular weight is 306 g/mol. The summed E-state index contributed by atoms with van der Waals surface area (Å²) in [5.74, 6) is 1.04. The number of hydrogen-bond donors (Lipinski definition) is 1. The molecule has 1 unspecified atom stereocenters. The number of nitrogens with one attached hydrogen (secondary N) is 1. The van der Waals surface area contributed by atoms with E-state index in [9.17, 15) is 0 Å². The summed E-state index contributed by atoms with van der Waals surface area (Å²) in [6.07, 6.45) is 0. The Morgan fingerprint density at radius 1 is 1.60 bits per heavy atom. The fourth-order valence-electron chi connectivity index (χ4n) is 1.25. The van der Waals surface area contributed by atoms with Crippen LogP contribution in [0.4, 0.5) is 5.69 Å². The van der Waals surface area contributed by atoms with Crippen molar-refractivity contribution in [3.63, 3.8) is 0 Å². The maximum atomic E-state index is 6.06. The Bertz CT molecular complexity index is 408. The molecular weight excluding hydrogens is 296 g/mol. The van der Waals surface area contributed by atoms with E-state index in [0.717, 1.165) is 21.1 Å². The number of halogens is 2. The number of thioether (sulfide) groups is 1. The van der Waals surface area contributed by atoms with E-state index in [1.807, 2.05) is 18.2 Å². The highest BCUT2D eigenvalue weighted by Gasteiger charge is 2.14. The molecule has 15 heavy (non-hydrogen) atoms. The minimum Gasteiger partial charge on any atom is -0.334 e. The van der Waals surface area contributed by atoms with E-state index in [-0.39, 0.29) is 0 Å². The molecule has 0 spiro atoms. The summed E-state index contributed by atoms with van der Waals surface area (Å²) in [5.41, 5.74) is 0.895. The number of amidine groups is 1. The van der Waals surface area contributed by atoms with Crippen molar-refractivity contribution in [3.05, 3.63) is 27.7 Å². The predicted molar refractivity (Wildman–Crippen MR) is 72.1 cm³/mol. The van der Waals surface area contributed by atoms with Crippen molar-refractivity contribution in [3.8, 4) is 0 Å². The van der Waals surface area contributed by atoms with E-state index in [1.54, 1.807) is 11.8 Å². The first-order valence-corrected chi connectivity index (χ1v) is 6.73. The molecule has 1 N–H and O–H groups in total. The van der Waals surface area contributed by atoms with Gasteiger partial charge in [-0.25, -0.2) is 0 Å². The molecule has 80 valence electrons. The van der Waals surface area contributed by atoms with Gasteiger partial charge >= 0.3 is 0 Å². The van der Waals surface area contributed by atoms with Crippen molar-refractivity contribution in [2.75, 3.05) is 11.1 Å². The van der Waals surface area contributed by atoms with Gasteiger partial charge in [-0.15, -0.1) is 0 Å². The van der Waals surface area contributed by atoms with Crippen LogP contribution < -0.4 is 5.32 Å².